The van der Waals surface area contributed by atoms with Crippen molar-refractivity contribution in [1.82, 2.24) is 10.6 Å². The molecular weight excluding hydrogens is 196 g/mol. The van der Waals surface area contributed by atoms with E-state index in [4.69, 9.17) is 0 Å². The third-order valence-electron chi connectivity index (χ3n) is 4.47. The zero-order valence-corrected chi connectivity index (χ0v) is 11.7. The molecule has 0 unspecified atom stereocenters. The zero-order chi connectivity index (χ0) is 12.1. The molecule has 0 aromatic rings. The summed E-state index contributed by atoms with van der Waals surface area (Å²) < 4.78 is 0. The molecule has 96 valence electrons. The lowest BCUT2D eigenvalue weighted by Gasteiger charge is -2.38. The Morgan fingerprint density at radius 2 is 1.81 bits per heavy atom. The average Bonchev–Trinajstić information content (AvgIpc) is 2.30. The van der Waals surface area contributed by atoms with Crippen LogP contribution in [0.5, 0.6) is 0 Å². The van der Waals surface area contributed by atoms with E-state index >= 15 is 0 Å². The van der Waals surface area contributed by atoms with Crippen molar-refractivity contribution in [2.24, 2.45) is 10.8 Å². The highest BCUT2D eigenvalue weighted by atomic mass is 14.9. The molecular formula is C14H30N2. The summed E-state index contributed by atoms with van der Waals surface area (Å²) in [6, 6.07) is 0. The van der Waals surface area contributed by atoms with Gasteiger partial charge in [-0.1, -0.05) is 27.7 Å². The number of hydrogen-bond donors (Lipinski definition) is 2. The highest BCUT2D eigenvalue weighted by molar-refractivity contribution is 4.86. The summed E-state index contributed by atoms with van der Waals surface area (Å²) in [5.41, 5.74) is 1.01. The van der Waals surface area contributed by atoms with E-state index in [-0.39, 0.29) is 0 Å². The van der Waals surface area contributed by atoms with E-state index in [0.29, 0.717) is 10.8 Å². The van der Waals surface area contributed by atoms with Gasteiger partial charge in [0.2, 0.25) is 0 Å². The Labute approximate surface area is 102 Å². The van der Waals surface area contributed by atoms with Crippen LogP contribution in [-0.2, 0) is 0 Å². The third kappa shape index (κ3) is 4.06. The largest absolute Gasteiger partial charge is 0.317 e. The van der Waals surface area contributed by atoms with E-state index in [1.54, 1.807) is 0 Å². The van der Waals surface area contributed by atoms with Gasteiger partial charge in [0.25, 0.3) is 0 Å². The van der Waals surface area contributed by atoms with E-state index < -0.39 is 0 Å². The van der Waals surface area contributed by atoms with Crippen LogP contribution in [-0.4, -0.2) is 26.2 Å². The van der Waals surface area contributed by atoms with Crippen LogP contribution in [0.4, 0.5) is 0 Å². The van der Waals surface area contributed by atoms with E-state index in [9.17, 15) is 0 Å². The van der Waals surface area contributed by atoms with E-state index in [2.05, 4.69) is 38.3 Å². The first-order valence-electron chi connectivity index (χ1n) is 6.95. The molecule has 0 aliphatic carbocycles. The maximum absolute atomic E-state index is 3.71. The lowest BCUT2D eigenvalue weighted by molar-refractivity contribution is 0.176. The number of hydrogen-bond acceptors (Lipinski definition) is 2. The van der Waals surface area contributed by atoms with Gasteiger partial charge in [0, 0.05) is 13.1 Å². The monoisotopic (exact) mass is 226 g/mol. The molecule has 2 heteroatoms. The Hall–Kier alpha value is -0.0800. The lowest BCUT2D eigenvalue weighted by Crippen LogP contribution is -2.44. The van der Waals surface area contributed by atoms with Crippen molar-refractivity contribution >= 4 is 0 Å². The molecule has 0 atom stereocenters. The smallest absolute Gasteiger partial charge is 0.000889 e. The average molecular weight is 226 g/mol. The highest BCUT2D eigenvalue weighted by Crippen LogP contribution is 2.31. The first-order valence-corrected chi connectivity index (χ1v) is 6.95. The van der Waals surface area contributed by atoms with Gasteiger partial charge in [0.1, 0.15) is 0 Å². The van der Waals surface area contributed by atoms with Gasteiger partial charge in [-0.2, -0.15) is 0 Å². The van der Waals surface area contributed by atoms with Crippen LogP contribution in [0.2, 0.25) is 0 Å². The number of piperidine rings is 1. The van der Waals surface area contributed by atoms with Crippen molar-refractivity contribution in [2.75, 3.05) is 26.2 Å². The summed E-state index contributed by atoms with van der Waals surface area (Å²) in [5.74, 6) is 0. The van der Waals surface area contributed by atoms with Gasteiger partial charge in [0.15, 0.2) is 0 Å². The summed E-state index contributed by atoms with van der Waals surface area (Å²) in [5, 5.41) is 7.17. The molecule has 1 aliphatic rings. The molecule has 1 fully saturated rings. The highest BCUT2D eigenvalue weighted by Gasteiger charge is 2.30. The summed E-state index contributed by atoms with van der Waals surface area (Å²) in [6.45, 7) is 14.1. The molecule has 1 saturated heterocycles. The van der Waals surface area contributed by atoms with Crippen LogP contribution in [0.25, 0.3) is 0 Å². The van der Waals surface area contributed by atoms with Gasteiger partial charge in [-0.15, -0.1) is 0 Å². The van der Waals surface area contributed by atoms with Crippen molar-refractivity contribution in [3.05, 3.63) is 0 Å². The molecule has 1 aliphatic heterocycles. The molecule has 2 nitrogen and oxygen atoms in total. The molecule has 2 N–H and O–H groups in total. The van der Waals surface area contributed by atoms with Crippen LogP contribution in [0.1, 0.15) is 53.4 Å². The second kappa shape index (κ2) is 6.02. The minimum absolute atomic E-state index is 0.446. The van der Waals surface area contributed by atoms with Crippen molar-refractivity contribution in [2.45, 2.75) is 53.4 Å². The first-order chi connectivity index (χ1) is 7.54. The quantitative estimate of drug-likeness (QED) is 0.728. The topological polar surface area (TPSA) is 24.1 Å². The predicted octanol–water partition coefficient (Wildman–Crippen LogP) is 2.79. The number of nitrogens with one attached hydrogen (secondary N) is 2. The second-order valence-corrected chi connectivity index (χ2v) is 6.22. The Balaban J connectivity index is 2.33. The lowest BCUT2D eigenvalue weighted by atomic mass is 9.76. The maximum atomic E-state index is 3.71. The fraction of sp³-hybridized carbons (Fsp3) is 1.00. The zero-order valence-electron chi connectivity index (χ0n) is 11.7. The summed E-state index contributed by atoms with van der Waals surface area (Å²) >= 11 is 0. The Morgan fingerprint density at radius 1 is 1.19 bits per heavy atom. The molecule has 1 heterocycles. The second-order valence-electron chi connectivity index (χ2n) is 6.22. The van der Waals surface area contributed by atoms with Gasteiger partial charge < -0.3 is 10.6 Å². The fourth-order valence-electron chi connectivity index (χ4n) is 2.40. The fourth-order valence-corrected chi connectivity index (χ4v) is 2.40. The standard InChI is InChI=1S/C14H30N2/c1-5-13(3,4)11-16-12-14(6-2)7-9-15-10-8-14/h15-16H,5-12H2,1-4H3. The third-order valence-corrected chi connectivity index (χ3v) is 4.47. The molecule has 0 spiro atoms. The van der Waals surface area contributed by atoms with Crippen LogP contribution in [0.15, 0.2) is 0 Å². The van der Waals surface area contributed by atoms with Crippen molar-refractivity contribution in [3.8, 4) is 0 Å². The van der Waals surface area contributed by atoms with Crippen LogP contribution in [0.3, 0.4) is 0 Å². The van der Waals surface area contributed by atoms with Gasteiger partial charge in [-0.25, -0.2) is 0 Å². The molecule has 0 aromatic heterocycles. The van der Waals surface area contributed by atoms with Gasteiger partial charge in [-0.3, -0.25) is 0 Å². The molecule has 0 aromatic carbocycles. The summed E-state index contributed by atoms with van der Waals surface area (Å²) in [4.78, 5) is 0. The van der Waals surface area contributed by atoms with Crippen molar-refractivity contribution < 1.29 is 0 Å². The van der Waals surface area contributed by atoms with Crippen LogP contribution >= 0.6 is 0 Å². The molecule has 0 radical (unpaired) electrons. The maximum Gasteiger partial charge on any atom is 0.000889 e. The van der Waals surface area contributed by atoms with Crippen molar-refractivity contribution in [3.63, 3.8) is 0 Å². The van der Waals surface area contributed by atoms with Crippen LogP contribution in [0, 0.1) is 10.8 Å². The molecule has 1 rings (SSSR count). The van der Waals surface area contributed by atoms with E-state index in [1.165, 1.54) is 45.3 Å². The molecule has 0 saturated carbocycles. The molecule has 0 bridgehead atoms. The normalized spacial score (nSPS) is 21.0. The van der Waals surface area contributed by atoms with E-state index in [0.717, 1.165) is 6.54 Å². The Morgan fingerprint density at radius 3 is 2.31 bits per heavy atom. The number of rotatable bonds is 6. The molecule has 0 amide bonds. The minimum atomic E-state index is 0.446. The van der Waals surface area contributed by atoms with Gasteiger partial charge in [0.05, 0.1) is 0 Å². The van der Waals surface area contributed by atoms with Gasteiger partial charge >= 0.3 is 0 Å². The molecule has 16 heavy (non-hydrogen) atoms. The summed E-state index contributed by atoms with van der Waals surface area (Å²) in [7, 11) is 0. The first kappa shape index (κ1) is 14.0. The van der Waals surface area contributed by atoms with Crippen LogP contribution < -0.4 is 10.6 Å². The Kier molecular flexibility index (Phi) is 5.26. The summed E-state index contributed by atoms with van der Waals surface area (Å²) in [6.07, 6.45) is 5.24. The van der Waals surface area contributed by atoms with E-state index in [1.807, 2.05) is 0 Å². The predicted molar refractivity (Wildman–Crippen MR) is 71.8 cm³/mol. The Bertz CT molecular complexity index is 193. The van der Waals surface area contributed by atoms with Crippen molar-refractivity contribution in [1.29, 1.82) is 0 Å². The van der Waals surface area contributed by atoms with Gasteiger partial charge in [-0.05, 0) is 49.6 Å². The SMILES string of the molecule is CCC(C)(C)CNCC1(CC)CCNCC1. The minimum Gasteiger partial charge on any atom is -0.317 e.